The van der Waals surface area contributed by atoms with E-state index in [2.05, 4.69) is 46.9 Å². The molecule has 0 saturated heterocycles. The van der Waals surface area contributed by atoms with E-state index in [9.17, 15) is 14.5 Å². The molecular weight excluding hydrogens is 585 g/mol. The molecule has 1 aromatic carbocycles. The molecule has 1 atom stereocenters. The summed E-state index contributed by atoms with van der Waals surface area (Å²) < 4.78 is 23.6. The fourth-order valence-electron chi connectivity index (χ4n) is 3.79. The Morgan fingerprint density at radius 1 is 1.14 bits per heavy atom. The van der Waals surface area contributed by atoms with Crippen LogP contribution in [0.4, 0.5) is 10.2 Å². The molecular formula is C24H20Br2FN5O3. The summed E-state index contributed by atoms with van der Waals surface area (Å²) in [5.74, 6) is -0.873. The number of aryl methyl sites for hydroxylation is 1. The van der Waals surface area contributed by atoms with Crippen LogP contribution >= 0.6 is 31.9 Å². The molecule has 8 nitrogen and oxygen atoms in total. The summed E-state index contributed by atoms with van der Waals surface area (Å²) in [6.45, 7) is 4.45. The van der Waals surface area contributed by atoms with Gasteiger partial charge in [-0.25, -0.2) is 4.39 Å². The van der Waals surface area contributed by atoms with Crippen molar-refractivity contribution in [1.29, 1.82) is 0 Å². The summed E-state index contributed by atoms with van der Waals surface area (Å²) in [5, 5.41) is 15.8. The fraction of sp³-hybridized carbons (Fsp3) is 0.208. The molecule has 1 unspecified atom stereocenters. The molecule has 0 amide bonds. The Hall–Kier alpha value is -3.18. The first-order valence-electron chi connectivity index (χ1n) is 10.7. The number of rotatable bonds is 8. The first kappa shape index (κ1) is 24.9. The minimum atomic E-state index is -0.717. The zero-order valence-corrected chi connectivity index (χ0v) is 22.0. The predicted molar refractivity (Wildman–Crippen MR) is 136 cm³/mol. The molecule has 3 aromatic heterocycles. The van der Waals surface area contributed by atoms with E-state index in [0.717, 1.165) is 33.4 Å². The first-order chi connectivity index (χ1) is 16.8. The molecule has 4 rings (SSSR count). The van der Waals surface area contributed by atoms with E-state index < -0.39 is 22.7 Å². The van der Waals surface area contributed by atoms with E-state index in [1.165, 1.54) is 24.4 Å². The van der Waals surface area contributed by atoms with Crippen LogP contribution in [0.5, 0.6) is 5.75 Å². The second-order valence-electron chi connectivity index (χ2n) is 7.71. The maximum atomic E-state index is 14.4. The van der Waals surface area contributed by atoms with Gasteiger partial charge in [0.05, 0.1) is 10.7 Å². The van der Waals surface area contributed by atoms with Crippen LogP contribution in [0.2, 0.25) is 0 Å². The van der Waals surface area contributed by atoms with Gasteiger partial charge < -0.3 is 14.9 Å². The number of nitro groups is 1. The number of nitrogens with zero attached hydrogens (tertiary/aromatic N) is 5. The molecule has 4 aromatic rings. The number of hydrogen-bond donors (Lipinski definition) is 0. The summed E-state index contributed by atoms with van der Waals surface area (Å²) >= 11 is 6.87. The Kier molecular flexibility index (Phi) is 7.56. The monoisotopic (exact) mass is 603 g/mol. The Labute approximate surface area is 217 Å². The van der Waals surface area contributed by atoms with Crippen molar-refractivity contribution in [3.8, 4) is 16.9 Å². The summed E-state index contributed by atoms with van der Waals surface area (Å²) in [6, 6.07) is 7.78. The Morgan fingerprint density at radius 2 is 1.94 bits per heavy atom. The van der Waals surface area contributed by atoms with Gasteiger partial charge in [-0.2, -0.15) is 5.10 Å². The lowest BCUT2D eigenvalue weighted by Gasteiger charge is -2.20. The van der Waals surface area contributed by atoms with Crippen LogP contribution in [-0.2, 0) is 13.0 Å². The highest BCUT2D eigenvalue weighted by molar-refractivity contribution is 9.10. The van der Waals surface area contributed by atoms with Crippen LogP contribution < -0.4 is 4.74 Å². The predicted octanol–water partition coefficient (Wildman–Crippen LogP) is 6.66. The quantitative estimate of drug-likeness (QED) is 0.165. The van der Waals surface area contributed by atoms with Gasteiger partial charge in [0.2, 0.25) is 5.75 Å². The van der Waals surface area contributed by atoms with E-state index >= 15 is 0 Å². The lowest BCUT2D eigenvalue weighted by molar-refractivity contribution is -0.390. The van der Waals surface area contributed by atoms with Crippen LogP contribution in [0.25, 0.3) is 11.1 Å². The summed E-state index contributed by atoms with van der Waals surface area (Å²) in [7, 11) is 0. The van der Waals surface area contributed by atoms with Gasteiger partial charge in [-0.3, -0.25) is 9.67 Å². The lowest BCUT2D eigenvalue weighted by atomic mass is 9.92. The number of halogens is 3. The van der Waals surface area contributed by atoms with Crippen molar-refractivity contribution in [1.82, 2.24) is 19.7 Å². The second-order valence-corrected chi connectivity index (χ2v) is 9.38. The molecule has 0 saturated carbocycles. The topological polar surface area (TPSA) is 96.0 Å². The van der Waals surface area contributed by atoms with E-state index in [1.807, 2.05) is 17.7 Å². The van der Waals surface area contributed by atoms with Crippen LogP contribution in [0.1, 0.15) is 36.6 Å². The second kappa shape index (κ2) is 10.6. The van der Waals surface area contributed by atoms with E-state index in [4.69, 9.17) is 4.74 Å². The molecule has 0 aliphatic heterocycles. The third kappa shape index (κ3) is 5.40. The van der Waals surface area contributed by atoms with Crippen LogP contribution in [0.15, 0.2) is 64.2 Å². The molecule has 35 heavy (non-hydrogen) atoms. The largest absolute Gasteiger partial charge is 0.478 e. The van der Waals surface area contributed by atoms with Crippen LogP contribution in [-0.4, -0.2) is 24.7 Å². The fourth-order valence-corrected chi connectivity index (χ4v) is 4.69. The molecule has 0 radical (unpaired) electrons. The Bertz CT molecular complexity index is 1400. The maximum absolute atomic E-state index is 14.4. The molecule has 0 aliphatic rings. The van der Waals surface area contributed by atoms with Crippen LogP contribution in [0, 0.1) is 15.9 Å². The van der Waals surface area contributed by atoms with Crippen molar-refractivity contribution in [3.05, 3.63) is 96.8 Å². The smallest absolute Gasteiger partial charge is 0.406 e. The average molecular weight is 605 g/mol. The standard InChI is InChI=1S/C24H20Br2FN5O3/c1-3-31-23(26)16(12-30-31)8-15-11-28-7-6-19(15)20-5-4-18(27)10-21(20)14(2)35-22-9-17(25)13-29-24(22)32(33)34/h4-7,9-14H,3,8H2,1-2H3. The summed E-state index contributed by atoms with van der Waals surface area (Å²) in [6.07, 6.45) is 6.41. The zero-order chi connectivity index (χ0) is 25.1. The maximum Gasteiger partial charge on any atom is 0.406 e. The van der Waals surface area contributed by atoms with Crippen LogP contribution in [0.3, 0.4) is 0 Å². The van der Waals surface area contributed by atoms with Crippen molar-refractivity contribution in [2.45, 2.75) is 32.9 Å². The molecule has 180 valence electrons. The normalized spacial score (nSPS) is 11.9. The first-order valence-corrected chi connectivity index (χ1v) is 12.3. The minimum absolute atomic E-state index is 0.0158. The molecule has 0 N–H and O–H groups in total. The average Bonchev–Trinajstić information content (AvgIpc) is 3.18. The number of hydrogen-bond acceptors (Lipinski definition) is 6. The van der Waals surface area contributed by atoms with Gasteiger partial charge >= 0.3 is 5.82 Å². The lowest BCUT2D eigenvalue weighted by Crippen LogP contribution is -2.08. The summed E-state index contributed by atoms with van der Waals surface area (Å²) in [5.41, 5.74) is 4.03. The van der Waals surface area contributed by atoms with Crippen molar-refractivity contribution in [3.63, 3.8) is 0 Å². The molecule has 0 aliphatic carbocycles. The SMILES string of the molecule is CCn1ncc(Cc2cnccc2-c2ccc(F)cc2C(C)Oc2cc(Br)cnc2[N+](=O)[O-])c1Br. The highest BCUT2D eigenvalue weighted by Crippen LogP contribution is 2.37. The highest BCUT2D eigenvalue weighted by Gasteiger charge is 2.23. The van der Waals surface area contributed by atoms with E-state index in [1.54, 1.807) is 31.6 Å². The number of pyridine rings is 2. The van der Waals surface area contributed by atoms with Gasteiger partial charge in [0, 0.05) is 42.6 Å². The number of aromatic nitrogens is 4. The van der Waals surface area contributed by atoms with Gasteiger partial charge in [-0.1, -0.05) is 6.07 Å². The zero-order valence-electron chi connectivity index (χ0n) is 18.8. The van der Waals surface area contributed by atoms with Crippen molar-refractivity contribution < 1.29 is 14.1 Å². The van der Waals surface area contributed by atoms with Crippen molar-refractivity contribution in [2.75, 3.05) is 0 Å². The highest BCUT2D eigenvalue weighted by atomic mass is 79.9. The number of ether oxygens (including phenoxy) is 1. The molecule has 0 fully saturated rings. The molecule has 0 spiro atoms. The van der Waals surface area contributed by atoms with Gasteiger partial charge in [0.15, 0.2) is 6.20 Å². The molecule has 3 heterocycles. The van der Waals surface area contributed by atoms with E-state index in [-0.39, 0.29) is 5.75 Å². The van der Waals surface area contributed by atoms with Crippen molar-refractivity contribution in [2.24, 2.45) is 0 Å². The van der Waals surface area contributed by atoms with Gasteiger partial charge in [0.1, 0.15) is 16.5 Å². The van der Waals surface area contributed by atoms with Crippen molar-refractivity contribution >= 4 is 37.7 Å². The molecule has 0 bridgehead atoms. The Morgan fingerprint density at radius 3 is 2.66 bits per heavy atom. The molecule has 11 heteroatoms. The van der Waals surface area contributed by atoms with Gasteiger partial charge in [-0.15, -0.1) is 0 Å². The number of benzene rings is 1. The minimum Gasteiger partial charge on any atom is -0.478 e. The third-order valence-electron chi connectivity index (χ3n) is 5.45. The summed E-state index contributed by atoms with van der Waals surface area (Å²) in [4.78, 5) is 18.9. The Balaban J connectivity index is 1.74. The van der Waals surface area contributed by atoms with Gasteiger partial charge in [0.25, 0.3) is 0 Å². The van der Waals surface area contributed by atoms with E-state index in [0.29, 0.717) is 16.5 Å². The third-order valence-corrected chi connectivity index (χ3v) is 6.80. The van der Waals surface area contributed by atoms with Gasteiger partial charge in [-0.05, 0) is 90.5 Å².